The van der Waals surface area contributed by atoms with Gasteiger partial charge in [0, 0.05) is 18.1 Å². The molecule has 0 spiro atoms. The van der Waals surface area contributed by atoms with Crippen LogP contribution in [-0.4, -0.2) is 42.5 Å². The first-order valence-electron chi connectivity index (χ1n) is 7.61. The minimum atomic E-state index is -0.712. The summed E-state index contributed by atoms with van der Waals surface area (Å²) in [4.78, 5) is 26.3. The van der Waals surface area contributed by atoms with Gasteiger partial charge in [-0.15, -0.1) is 0 Å². The molecule has 0 saturated carbocycles. The van der Waals surface area contributed by atoms with E-state index in [9.17, 15) is 9.59 Å². The van der Waals surface area contributed by atoms with E-state index in [1.807, 2.05) is 23.1 Å². The zero-order chi connectivity index (χ0) is 15.5. The molecule has 2 heterocycles. The molecule has 0 radical (unpaired) electrons. The molecular formula is C16H19ClN2O3. The molecule has 2 aliphatic rings. The highest BCUT2D eigenvalue weighted by Gasteiger charge is 2.39. The Balaban J connectivity index is 1.85. The van der Waals surface area contributed by atoms with Gasteiger partial charge in [0.1, 0.15) is 6.61 Å². The van der Waals surface area contributed by atoms with Gasteiger partial charge in [-0.1, -0.05) is 29.8 Å². The summed E-state index contributed by atoms with van der Waals surface area (Å²) >= 11 is 6.23. The highest BCUT2D eigenvalue weighted by molar-refractivity contribution is 6.31. The number of benzene rings is 1. The molecule has 1 aromatic carbocycles. The minimum absolute atomic E-state index is 0.0652. The van der Waals surface area contributed by atoms with Crippen LogP contribution >= 0.6 is 11.6 Å². The lowest BCUT2D eigenvalue weighted by Gasteiger charge is -2.36. The highest BCUT2D eigenvalue weighted by atomic mass is 35.5. The lowest BCUT2D eigenvalue weighted by molar-refractivity contribution is -0.155. The summed E-state index contributed by atoms with van der Waals surface area (Å²) in [5, 5.41) is 3.37. The van der Waals surface area contributed by atoms with E-state index in [4.69, 9.17) is 16.3 Å². The molecule has 5 nitrogen and oxygen atoms in total. The predicted molar refractivity (Wildman–Crippen MR) is 82.5 cm³/mol. The van der Waals surface area contributed by atoms with Crippen LogP contribution in [0.5, 0.6) is 0 Å². The molecule has 1 aromatic rings. The molecular weight excluding hydrogens is 304 g/mol. The Hall–Kier alpha value is -1.59. The van der Waals surface area contributed by atoms with Crippen molar-refractivity contribution in [2.45, 2.75) is 31.4 Å². The molecule has 2 fully saturated rings. The number of ether oxygens (including phenoxy) is 1. The monoisotopic (exact) mass is 322 g/mol. The molecule has 1 N–H and O–H groups in total. The molecule has 22 heavy (non-hydrogen) atoms. The Morgan fingerprint density at radius 3 is 2.68 bits per heavy atom. The Labute approximate surface area is 134 Å². The fourth-order valence-electron chi connectivity index (χ4n) is 3.03. The number of piperidine rings is 1. The second-order valence-electron chi connectivity index (χ2n) is 5.68. The summed E-state index contributed by atoms with van der Waals surface area (Å²) in [5.41, 5.74) is 0.715. The van der Waals surface area contributed by atoms with E-state index in [2.05, 4.69) is 5.32 Å². The van der Waals surface area contributed by atoms with Crippen LogP contribution < -0.4 is 5.32 Å². The van der Waals surface area contributed by atoms with Crippen molar-refractivity contribution in [3.05, 3.63) is 34.9 Å². The van der Waals surface area contributed by atoms with Gasteiger partial charge < -0.3 is 15.0 Å². The lowest BCUT2D eigenvalue weighted by Crippen LogP contribution is -2.54. The van der Waals surface area contributed by atoms with Crippen molar-refractivity contribution in [1.82, 2.24) is 10.2 Å². The van der Waals surface area contributed by atoms with Crippen molar-refractivity contribution < 1.29 is 14.3 Å². The lowest BCUT2D eigenvalue weighted by atomic mass is 9.98. The molecule has 118 valence electrons. The summed E-state index contributed by atoms with van der Waals surface area (Å²) in [6.45, 7) is 1.41. The van der Waals surface area contributed by atoms with Crippen molar-refractivity contribution in [3.63, 3.8) is 0 Å². The quantitative estimate of drug-likeness (QED) is 0.905. The van der Waals surface area contributed by atoms with E-state index in [0.717, 1.165) is 32.4 Å². The fraction of sp³-hybridized carbons (Fsp3) is 0.500. The summed E-state index contributed by atoms with van der Waals surface area (Å²) < 4.78 is 5.57. The summed E-state index contributed by atoms with van der Waals surface area (Å²) in [7, 11) is 0. The van der Waals surface area contributed by atoms with Crippen LogP contribution in [-0.2, 0) is 14.3 Å². The zero-order valence-corrected chi connectivity index (χ0v) is 13.0. The topological polar surface area (TPSA) is 58.6 Å². The number of carbonyl (C=O) groups excluding carboxylic acids is 2. The van der Waals surface area contributed by atoms with Crippen LogP contribution in [0.25, 0.3) is 0 Å². The molecule has 2 amide bonds. The van der Waals surface area contributed by atoms with Crippen LogP contribution in [0.3, 0.4) is 0 Å². The molecule has 0 bridgehead atoms. The minimum Gasteiger partial charge on any atom is -0.356 e. The Morgan fingerprint density at radius 2 is 1.95 bits per heavy atom. The van der Waals surface area contributed by atoms with Crippen molar-refractivity contribution in [1.29, 1.82) is 0 Å². The maximum atomic E-state index is 12.8. The van der Waals surface area contributed by atoms with Crippen LogP contribution in [0.1, 0.15) is 30.9 Å². The number of halogens is 1. The fourth-order valence-corrected chi connectivity index (χ4v) is 3.28. The van der Waals surface area contributed by atoms with Gasteiger partial charge in [-0.05, 0) is 30.9 Å². The molecule has 6 heteroatoms. The van der Waals surface area contributed by atoms with E-state index in [1.54, 1.807) is 6.07 Å². The molecule has 0 aliphatic carbocycles. The SMILES string of the molecule is O=C1CO[C@H](C(=O)N2CCCCC2)[C@@H](c2ccccc2Cl)N1. The molecule has 2 aliphatic heterocycles. The van der Waals surface area contributed by atoms with Crippen molar-refractivity contribution in [3.8, 4) is 0 Å². The van der Waals surface area contributed by atoms with Crippen LogP contribution in [0.2, 0.25) is 5.02 Å². The second-order valence-corrected chi connectivity index (χ2v) is 6.09. The molecule has 0 aromatic heterocycles. The number of nitrogens with one attached hydrogen (secondary N) is 1. The number of hydrogen-bond donors (Lipinski definition) is 1. The number of amides is 2. The highest BCUT2D eigenvalue weighted by Crippen LogP contribution is 2.30. The smallest absolute Gasteiger partial charge is 0.254 e. The number of hydrogen-bond acceptors (Lipinski definition) is 3. The van der Waals surface area contributed by atoms with Crippen LogP contribution in [0, 0.1) is 0 Å². The van der Waals surface area contributed by atoms with Gasteiger partial charge in [0.2, 0.25) is 5.91 Å². The third-order valence-electron chi connectivity index (χ3n) is 4.16. The zero-order valence-electron chi connectivity index (χ0n) is 12.3. The first-order chi connectivity index (χ1) is 10.7. The van der Waals surface area contributed by atoms with Gasteiger partial charge >= 0.3 is 0 Å². The first-order valence-corrected chi connectivity index (χ1v) is 7.99. The van der Waals surface area contributed by atoms with Gasteiger partial charge in [-0.2, -0.15) is 0 Å². The number of likely N-dealkylation sites (tertiary alicyclic amines) is 1. The average molecular weight is 323 g/mol. The largest absolute Gasteiger partial charge is 0.356 e. The molecule has 2 saturated heterocycles. The Morgan fingerprint density at radius 1 is 1.23 bits per heavy atom. The maximum absolute atomic E-state index is 12.8. The van der Waals surface area contributed by atoms with Gasteiger partial charge in [0.05, 0.1) is 6.04 Å². The third kappa shape index (κ3) is 3.10. The summed E-state index contributed by atoms with van der Waals surface area (Å²) in [6, 6.07) is 6.69. The molecule has 3 rings (SSSR count). The number of morpholine rings is 1. The van der Waals surface area contributed by atoms with E-state index in [0.29, 0.717) is 10.6 Å². The number of nitrogens with zero attached hydrogens (tertiary/aromatic N) is 1. The first kappa shape index (κ1) is 15.3. The van der Waals surface area contributed by atoms with Gasteiger partial charge in [0.25, 0.3) is 5.91 Å². The number of rotatable bonds is 2. The molecule has 0 unspecified atom stereocenters. The maximum Gasteiger partial charge on any atom is 0.254 e. The standard InChI is InChI=1S/C16H19ClN2O3/c17-12-7-3-2-6-11(12)14-15(22-10-13(20)18-14)16(21)19-8-4-1-5-9-19/h2-3,6-7,14-15H,1,4-5,8-10H2,(H,18,20)/t14-,15+/m1/s1. The average Bonchev–Trinajstić information content (AvgIpc) is 2.55. The molecule has 2 atom stereocenters. The Kier molecular flexibility index (Phi) is 4.64. The van der Waals surface area contributed by atoms with Crippen molar-refractivity contribution >= 4 is 23.4 Å². The van der Waals surface area contributed by atoms with Gasteiger partial charge in [-0.25, -0.2) is 0 Å². The van der Waals surface area contributed by atoms with E-state index in [1.165, 1.54) is 0 Å². The van der Waals surface area contributed by atoms with Crippen LogP contribution in [0.4, 0.5) is 0 Å². The normalized spacial score (nSPS) is 25.7. The number of carbonyl (C=O) groups is 2. The van der Waals surface area contributed by atoms with E-state index < -0.39 is 12.1 Å². The second kappa shape index (κ2) is 6.67. The summed E-state index contributed by atoms with van der Waals surface area (Å²) in [6.07, 6.45) is 2.47. The Bertz CT molecular complexity index is 572. The van der Waals surface area contributed by atoms with Gasteiger partial charge in [0.15, 0.2) is 6.10 Å². The van der Waals surface area contributed by atoms with Crippen molar-refractivity contribution in [2.24, 2.45) is 0 Å². The van der Waals surface area contributed by atoms with Gasteiger partial charge in [-0.3, -0.25) is 9.59 Å². The third-order valence-corrected chi connectivity index (χ3v) is 4.51. The van der Waals surface area contributed by atoms with Crippen molar-refractivity contribution in [2.75, 3.05) is 19.7 Å². The van der Waals surface area contributed by atoms with E-state index >= 15 is 0 Å². The van der Waals surface area contributed by atoms with Crippen LogP contribution in [0.15, 0.2) is 24.3 Å². The summed E-state index contributed by atoms with van der Waals surface area (Å²) in [5.74, 6) is -0.294. The predicted octanol–water partition coefficient (Wildman–Crippen LogP) is 1.91. The van der Waals surface area contributed by atoms with E-state index in [-0.39, 0.29) is 18.4 Å².